The summed E-state index contributed by atoms with van der Waals surface area (Å²) < 4.78 is 34.1. The summed E-state index contributed by atoms with van der Waals surface area (Å²) in [6, 6.07) is 0. The van der Waals surface area contributed by atoms with Gasteiger partial charge in [-0.3, -0.25) is 8.42 Å². The van der Waals surface area contributed by atoms with Crippen LogP contribution in [0.1, 0.15) is 0 Å². The molecule has 2 radical (unpaired) electrons. The van der Waals surface area contributed by atoms with Gasteiger partial charge < -0.3 is 9.11 Å². The minimum atomic E-state index is -5.17. The molecule has 0 aromatic heterocycles. The van der Waals surface area contributed by atoms with Gasteiger partial charge >= 0.3 is 17.1 Å². The van der Waals surface area contributed by atoms with Crippen LogP contribution in [-0.2, 0) is 27.5 Å². The quantitative estimate of drug-likeness (QED) is 0.258. The van der Waals surface area contributed by atoms with Crippen molar-refractivity contribution < 1.29 is 34.6 Å². The molecular weight excluding hydrogens is 190 g/mol. The van der Waals surface area contributed by atoms with Gasteiger partial charge in [0.05, 0.1) is 0 Å². The Kier molecular flexibility index (Phi) is 14.1. The standard InChI is InChI=1S/K.Mn.H2O4S/c;;1-5(2,3)4/h;;(H2,1,2,3,4)/q;+2;/p-2. The Hall–Kier alpha value is 2.03. The first kappa shape index (κ1) is 16.0. The van der Waals surface area contributed by atoms with E-state index in [2.05, 4.69) is 0 Å². The predicted molar refractivity (Wildman–Crippen MR) is 16.2 cm³/mol. The zero-order valence-electron chi connectivity index (χ0n) is 3.42. The van der Waals surface area contributed by atoms with E-state index in [1.165, 1.54) is 0 Å². The van der Waals surface area contributed by atoms with Crippen LogP contribution in [0.4, 0.5) is 0 Å². The summed E-state index contributed by atoms with van der Waals surface area (Å²) in [5.41, 5.74) is 0. The Morgan fingerprint density at radius 3 is 1.14 bits per heavy atom. The number of hydrogen-bond acceptors (Lipinski definition) is 4. The van der Waals surface area contributed by atoms with Crippen molar-refractivity contribution in [1.82, 2.24) is 0 Å². The van der Waals surface area contributed by atoms with E-state index in [-0.39, 0.29) is 68.5 Å². The summed E-state index contributed by atoms with van der Waals surface area (Å²) >= 11 is 0. The molecular formula is KMnO4S. The minimum absolute atomic E-state index is 0. The van der Waals surface area contributed by atoms with Crippen LogP contribution in [0, 0.1) is 0 Å². The fourth-order valence-corrected chi connectivity index (χ4v) is 0. The summed E-state index contributed by atoms with van der Waals surface area (Å²) in [6.07, 6.45) is 0. The topological polar surface area (TPSA) is 80.3 Å². The third-order valence-corrected chi connectivity index (χ3v) is 0. The van der Waals surface area contributed by atoms with Gasteiger partial charge in [-0.2, -0.15) is 0 Å². The normalized spacial score (nSPS) is 8.29. The third-order valence-electron chi connectivity index (χ3n) is 0. The molecule has 0 rings (SSSR count). The summed E-state index contributed by atoms with van der Waals surface area (Å²) in [5, 5.41) is 0. The molecule has 0 aromatic carbocycles. The minimum Gasteiger partial charge on any atom is -0.759 e. The van der Waals surface area contributed by atoms with Gasteiger partial charge in [0.25, 0.3) is 0 Å². The summed E-state index contributed by atoms with van der Waals surface area (Å²) in [7, 11) is -5.17. The average molecular weight is 190 g/mol. The molecule has 0 heterocycles. The van der Waals surface area contributed by atoms with E-state index in [9.17, 15) is 0 Å². The number of rotatable bonds is 0. The smallest absolute Gasteiger partial charge is 0.759 e. The van der Waals surface area contributed by atoms with Crippen molar-refractivity contribution in [2.75, 3.05) is 0 Å². The first-order chi connectivity index (χ1) is 2.00. The van der Waals surface area contributed by atoms with Gasteiger partial charge in [-0.1, -0.05) is 0 Å². The van der Waals surface area contributed by atoms with Crippen molar-refractivity contribution in [2.24, 2.45) is 0 Å². The van der Waals surface area contributed by atoms with E-state index in [0.29, 0.717) is 0 Å². The molecule has 38 valence electrons. The van der Waals surface area contributed by atoms with Crippen molar-refractivity contribution in [1.29, 1.82) is 0 Å². The Balaban J connectivity index is -0.0000000800. The van der Waals surface area contributed by atoms with E-state index in [0.717, 1.165) is 0 Å². The van der Waals surface area contributed by atoms with E-state index in [4.69, 9.17) is 17.5 Å². The first-order valence-electron chi connectivity index (χ1n) is 0.667. The molecule has 0 atom stereocenters. The SMILES string of the molecule is O=S(=O)([O-])[O-].[K].[Mn+2]. The Labute approximate surface area is 94.5 Å². The second-order valence-electron chi connectivity index (χ2n) is 0.408. The number of hydrogen-bond donors (Lipinski definition) is 0. The molecule has 0 aliphatic rings. The molecule has 4 nitrogen and oxygen atoms in total. The molecule has 0 bridgehead atoms. The zero-order chi connectivity index (χ0) is 4.50. The van der Waals surface area contributed by atoms with E-state index < -0.39 is 10.4 Å². The molecule has 0 aromatic rings. The Bertz CT molecular complexity index is 94.9. The second-order valence-corrected chi connectivity index (χ2v) is 1.22. The average Bonchev–Trinajstić information content (AvgIpc) is 0.722. The van der Waals surface area contributed by atoms with Crippen LogP contribution in [0.25, 0.3) is 0 Å². The Morgan fingerprint density at radius 2 is 1.14 bits per heavy atom. The van der Waals surface area contributed by atoms with Gasteiger partial charge in [-0.05, 0) is 0 Å². The van der Waals surface area contributed by atoms with Gasteiger partial charge in [0.1, 0.15) is 0 Å². The molecule has 0 unspecified atom stereocenters. The molecule has 0 saturated heterocycles. The summed E-state index contributed by atoms with van der Waals surface area (Å²) in [5.74, 6) is 0. The van der Waals surface area contributed by atoms with E-state index >= 15 is 0 Å². The molecule has 0 spiro atoms. The van der Waals surface area contributed by atoms with Crippen LogP contribution < -0.4 is 0 Å². The van der Waals surface area contributed by atoms with Crippen LogP contribution in [0.15, 0.2) is 0 Å². The summed E-state index contributed by atoms with van der Waals surface area (Å²) in [4.78, 5) is 0. The maximum absolute atomic E-state index is 8.52. The van der Waals surface area contributed by atoms with Crippen LogP contribution >= 0.6 is 0 Å². The van der Waals surface area contributed by atoms with Crippen molar-refractivity contribution in [2.45, 2.75) is 0 Å². The van der Waals surface area contributed by atoms with Crippen LogP contribution in [-0.4, -0.2) is 68.9 Å². The fourth-order valence-electron chi connectivity index (χ4n) is 0. The second kappa shape index (κ2) is 6.15. The molecule has 0 N–H and O–H groups in total. The van der Waals surface area contributed by atoms with Crippen LogP contribution in [0.3, 0.4) is 0 Å². The fraction of sp³-hybridized carbons (Fsp3) is 0. The third kappa shape index (κ3) is 71.0. The molecule has 0 saturated carbocycles. The monoisotopic (exact) mass is 190 g/mol. The van der Waals surface area contributed by atoms with E-state index in [1.54, 1.807) is 0 Å². The molecule has 0 amide bonds. The molecule has 0 fully saturated rings. The zero-order valence-corrected chi connectivity index (χ0v) is 8.54. The molecule has 0 aliphatic carbocycles. The predicted octanol–water partition coefficient (Wildman–Crippen LogP) is -1.72. The van der Waals surface area contributed by atoms with Gasteiger partial charge in [0.15, 0.2) is 0 Å². The van der Waals surface area contributed by atoms with Crippen LogP contribution in [0.5, 0.6) is 0 Å². The van der Waals surface area contributed by atoms with Gasteiger partial charge in [-0.25, -0.2) is 0 Å². The maximum atomic E-state index is 8.52. The molecule has 0 aliphatic heterocycles. The van der Waals surface area contributed by atoms with Gasteiger partial charge in [0, 0.05) is 61.8 Å². The van der Waals surface area contributed by atoms with Crippen LogP contribution in [0.2, 0.25) is 0 Å². The van der Waals surface area contributed by atoms with E-state index in [1.807, 2.05) is 0 Å². The molecule has 7 heteroatoms. The van der Waals surface area contributed by atoms with Gasteiger partial charge in [-0.15, -0.1) is 0 Å². The van der Waals surface area contributed by atoms with Crippen molar-refractivity contribution in [3.63, 3.8) is 0 Å². The largest absolute Gasteiger partial charge is 2.00 e. The van der Waals surface area contributed by atoms with Crippen molar-refractivity contribution in [3.05, 3.63) is 0 Å². The van der Waals surface area contributed by atoms with Gasteiger partial charge in [0.2, 0.25) is 0 Å². The Morgan fingerprint density at radius 1 is 1.14 bits per heavy atom. The van der Waals surface area contributed by atoms with Crippen molar-refractivity contribution >= 4 is 61.8 Å². The maximum Gasteiger partial charge on any atom is 2.00 e. The summed E-state index contributed by atoms with van der Waals surface area (Å²) in [6.45, 7) is 0. The first-order valence-corrected chi connectivity index (χ1v) is 2.00. The molecule has 7 heavy (non-hydrogen) atoms. The van der Waals surface area contributed by atoms with Crippen molar-refractivity contribution in [3.8, 4) is 0 Å².